The van der Waals surface area contributed by atoms with Gasteiger partial charge in [-0.15, -0.1) is 0 Å². The van der Waals surface area contributed by atoms with E-state index in [0.29, 0.717) is 18.2 Å². The van der Waals surface area contributed by atoms with Crippen LogP contribution in [0.15, 0.2) is 42.5 Å². The molecular formula is C19H19F3N4O3. The summed E-state index contributed by atoms with van der Waals surface area (Å²) in [6.07, 6.45) is 0. The van der Waals surface area contributed by atoms with Crippen molar-refractivity contribution in [2.24, 2.45) is 0 Å². The van der Waals surface area contributed by atoms with Crippen LogP contribution in [0.3, 0.4) is 0 Å². The molecule has 2 rings (SSSR count). The molecule has 2 aromatic rings. The number of hydrogen-bond donors (Lipinski definition) is 4. The maximum Gasteiger partial charge on any atom is 0.321 e. The lowest BCUT2D eigenvalue weighted by Gasteiger charge is -2.18. The smallest absolute Gasteiger partial charge is 0.321 e. The summed E-state index contributed by atoms with van der Waals surface area (Å²) < 4.78 is 39.9. The van der Waals surface area contributed by atoms with Gasteiger partial charge in [0.05, 0.1) is 12.2 Å². The van der Waals surface area contributed by atoms with Gasteiger partial charge in [0.15, 0.2) is 17.5 Å². The van der Waals surface area contributed by atoms with E-state index in [0.717, 1.165) is 6.07 Å². The lowest BCUT2D eigenvalue weighted by atomic mass is 10.1. The molecule has 4 amide bonds. The average molecular weight is 408 g/mol. The van der Waals surface area contributed by atoms with Crippen molar-refractivity contribution in [2.45, 2.75) is 13.0 Å². The second-order valence-electron chi connectivity index (χ2n) is 5.84. The normalized spacial score (nSPS) is 11.4. The standard InChI is InChI=1S/C19H19F3N4O3/c1-2-23-19(29)26-18(28)17(11-6-4-3-5-7-11)24-10-14(27)25-13-9-8-12(20)15(21)16(13)22/h3-9,17,24H,2,10H2,1H3,(H,25,27)(H2,23,26,28,29)/t17-/m1/s1. The largest absolute Gasteiger partial charge is 0.338 e. The second kappa shape index (κ2) is 10.2. The van der Waals surface area contributed by atoms with E-state index in [1.807, 2.05) is 0 Å². The highest BCUT2D eigenvalue weighted by Crippen LogP contribution is 2.19. The molecule has 0 fully saturated rings. The fourth-order valence-electron chi connectivity index (χ4n) is 2.41. The van der Waals surface area contributed by atoms with Gasteiger partial charge in [0, 0.05) is 6.54 Å². The number of nitrogens with one attached hydrogen (secondary N) is 4. The van der Waals surface area contributed by atoms with Crippen molar-refractivity contribution in [3.8, 4) is 0 Å². The molecule has 0 saturated heterocycles. The van der Waals surface area contributed by atoms with E-state index >= 15 is 0 Å². The van der Waals surface area contributed by atoms with Crippen LogP contribution in [-0.4, -0.2) is 30.9 Å². The number of benzene rings is 2. The molecule has 0 aliphatic rings. The minimum atomic E-state index is -1.71. The van der Waals surface area contributed by atoms with Crippen molar-refractivity contribution in [1.29, 1.82) is 0 Å². The zero-order chi connectivity index (χ0) is 21.4. The third-order valence-corrected chi connectivity index (χ3v) is 3.75. The summed E-state index contributed by atoms with van der Waals surface area (Å²) in [6, 6.07) is 8.06. The van der Waals surface area contributed by atoms with Crippen LogP contribution in [0, 0.1) is 17.5 Å². The zero-order valence-electron chi connectivity index (χ0n) is 15.4. The second-order valence-corrected chi connectivity index (χ2v) is 5.84. The SMILES string of the molecule is CCNC(=O)NC(=O)[C@H](NCC(=O)Nc1ccc(F)c(F)c1F)c1ccccc1. The Kier molecular flexibility index (Phi) is 7.72. The van der Waals surface area contributed by atoms with E-state index in [2.05, 4.69) is 21.3 Å². The van der Waals surface area contributed by atoms with Crippen molar-refractivity contribution in [2.75, 3.05) is 18.4 Å². The number of imide groups is 1. The quantitative estimate of drug-likeness (QED) is 0.528. The van der Waals surface area contributed by atoms with Gasteiger partial charge in [-0.3, -0.25) is 20.2 Å². The molecule has 7 nitrogen and oxygen atoms in total. The van der Waals surface area contributed by atoms with E-state index in [-0.39, 0.29) is 0 Å². The molecular weight excluding hydrogens is 389 g/mol. The maximum atomic E-state index is 13.7. The van der Waals surface area contributed by atoms with Gasteiger partial charge in [0.25, 0.3) is 0 Å². The highest BCUT2D eigenvalue weighted by atomic mass is 19.2. The monoisotopic (exact) mass is 408 g/mol. The molecule has 1 atom stereocenters. The Morgan fingerprint density at radius 2 is 1.66 bits per heavy atom. The van der Waals surface area contributed by atoms with Gasteiger partial charge in [-0.25, -0.2) is 18.0 Å². The van der Waals surface area contributed by atoms with Gasteiger partial charge in [-0.2, -0.15) is 0 Å². The Bertz CT molecular complexity index is 894. The van der Waals surface area contributed by atoms with Gasteiger partial charge in [-0.1, -0.05) is 30.3 Å². The third kappa shape index (κ3) is 6.04. The molecule has 0 radical (unpaired) electrons. The van der Waals surface area contributed by atoms with Crippen molar-refractivity contribution in [3.63, 3.8) is 0 Å². The first-order valence-corrected chi connectivity index (χ1v) is 8.63. The van der Waals surface area contributed by atoms with Crippen LogP contribution in [0.5, 0.6) is 0 Å². The number of carbonyl (C=O) groups is 3. The topological polar surface area (TPSA) is 99.3 Å². The number of carbonyl (C=O) groups excluding carboxylic acids is 3. The lowest BCUT2D eigenvalue weighted by Crippen LogP contribution is -2.46. The fourth-order valence-corrected chi connectivity index (χ4v) is 2.41. The number of amides is 4. The summed E-state index contributed by atoms with van der Waals surface area (Å²) in [5.41, 5.74) is -0.0696. The van der Waals surface area contributed by atoms with Crippen molar-refractivity contribution < 1.29 is 27.6 Å². The van der Waals surface area contributed by atoms with Crippen LogP contribution in [0.4, 0.5) is 23.7 Å². The van der Waals surface area contributed by atoms with Crippen molar-refractivity contribution in [1.82, 2.24) is 16.0 Å². The molecule has 0 unspecified atom stereocenters. The number of urea groups is 1. The molecule has 10 heteroatoms. The van der Waals surface area contributed by atoms with E-state index in [4.69, 9.17) is 0 Å². The maximum absolute atomic E-state index is 13.7. The molecule has 154 valence electrons. The van der Waals surface area contributed by atoms with Gasteiger partial charge in [-0.05, 0) is 24.6 Å². The van der Waals surface area contributed by atoms with Crippen LogP contribution in [0.1, 0.15) is 18.5 Å². The molecule has 0 spiro atoms. The summed E-state index contributed by atoms with van der Waals surface area (Å²) in [4.78, 5) is 36.1. The minimum Gasteiger partial charge on any atom is -0.338 e. The number of halogens is 3. The summed E-state index contributed by atoms with van der Waals surface area (Å²) in [5, 5.41) is 9.30. The molecule has 0 aliphatic carbocycles. The molecule has 29 heavy (non-hydrogen) atoms. The Balaban J connectivity index is 2.07. The van der Waals surface area contributed by atoms with E-state index in [1.165, 1.54) is 0 Å². The van der Waals surface area contributed by atoms with Gasteiger partial charge in [0.1, 0.15) is 6.04 Å². The highest BCUT2D eigenvalue weighted by Gasteiger charge is 2.23. The van der Waals surface area contributed by atoms with Crippen LogP contribution in [0.25, 0.3) is 0 Å². The Hall–Kier alpha value is -3.40. The first-order chi connectivity index (χ1) is 13.8. The molecule has 0 aromatic heterocycles. The zero-order valence-corrected chi connectivity index (χ0v) is 15.4. The van der Waals surface area contributed by atoms with Crippen molar-refractivity contribution >= 4 is 23.5 Å². The molecule has 0 aliphatic heterocycles. The van der Waals surface area contributed by atoms with Crippen LogP contribution < -0.4 is 21.3 Å². The van der Waals surface area contributed by atoms with Gasteiger partial charge >= 0.3 is 6.03 Å². The van der Waals surface area contributed by atoms with E-state index < -0.39 is 53.6 Å². The van der Waals surface area contributed by atoms with Gasteiger partial charge < -0.3 is 10.6 Å². The summed E-state index contributed by atoms with van der Waals surface area (Å²) in [6.45, 7) is 1.52. The lowest BCUT2D eigenvalue weighted by molar-refractivity contribution is -0.122. The average Bonchev–Trinajstić information content (AvgIpc) is 2.69. The Labute approximate surface area is 164 Å². The van der Waals surface area contributed by atoms with E-state index in [1.54, 1.807) is 37.3 Å². The summed E-state index contributed by atoms with van der Waals surface area (Å²) in [7, 11) is 0. The predicted octanol–water partition coefficient (Wildman–Crippen LogP) is 2.22. The third-order valence-electron chi connectivity index (χ3n) is 3.75. The van der Waals surface area contributed by atoms with Gasteiger partial charge in [0.2, 0.25) is 11.8 Å². The van der Waals surface area contributed by atoms with Crippen LogP contribution in [0.2, 0.25) is 0 Å². The van der Waals surface area contributed by atoms with E-state index in [9.17, 15) is 27.6 Å². The Morgan fingerprint density at radius 3 is 2.31 bits per heavy atom. The summed E-state index contributed by atoms with van der Waals surface area (Å²) in [5.74, 6) is -6.15. The first-order valence-electron chi connectivity index (χ1n) is 8.63. The Morgan fingerprint density at radius 1 is 0.966 bits per heavy atom. The number of anilines is 1. The van der Waals surface area contributed by atoms with Crippen LogP contribution in [-0.2, 0) is 9.59 Å². The fraction of sp³-hybridized carbons (Fsp3) is 0.211. The molecule has 0 heterocycles. The minimum absolute atomic E-state index is 0.310. The van der Waals surface area contributed by atoms with Crippen molar-refractivity contribution in [3.05, 3.63) is 65.5 Å². The highest BCUT2D eigenvalue weighted by molar-refractivity contribution is 5.98. The summed E-state index contributed by atoms with van der Waals surface area (Å²) >= 11 is 0. The molecule has 4 N–H and O–H groups in total. The molecule has 0 saturated carbocycles. The molecule has 2 aromatic carbocycles. The van der Waals surface area contributed by atoms with Crippen LogP contribution >= 0.6 is 0 Å². The number of rotatable bonds is 7. The number of hydrogen-bond acceptors (Lipinski definition) is 4. The first kappa shape index (κ1) is 21.9. The molecule has 0 bridgehead atoms. The predicted molar refractivity (Wildman–Crippen MR) is 99.3 cm³/mol.